The zero-order valence-electron chi connectivity index (χ0n) is 8.08. The van der Waals surface area contributed by atoms with Crippen LogP contribution in [-0.2, 0) is 4.79 Å². The van der Waals surface area contributed by atoms with Crippen molar-refractivity contribution in [2.45, 2.75) is 19.3 Å². The van der Waals surface area contributed by atoms with Crippen molar-refractivity contribution in [3.8, 4) is 0 Å². The van der Waals surface area contributed by atoms with Gasteiger partial charge in [-0.15, -0.1) is 0 Å². The van der Waals surface area contributed by atoms with Crippen LogP contribution in [0.15, 0.2) is 18.3 Å². The maximum atomic E-state index is 10.8. The molecule has 0 saturated heterocycles. The molecule has 1 rings (SSSR count). The lowest BCUT2D eigenvalue weighted by molar-refractivity contribution is -0.389. The minimum Gasteiger partial charge on any atom is -0.481 e. The Labute approximate surface area is 85.7 Å². The number of hydrogen-bond acceptors (Lipinski definition) is 4. The van der Waals surface area contributed by atoms with E-state index in [0.29, 0.717) is 12.0 Å². The molecule has 0 amide bonds. The minimum atomic E-state index is -0.951. The standard InChI is InChI=1S/C9H10N2O4/c1-2-7(9(12)13)6-3-4-8(10-5-6)11(14)15/h3-5,7H,2H2,1H3,(H,12,13). The maximum absolute atomic E-state index is 10.8. The van der Waals surface area contributed by atoms with Gasteiger partial charge in [0.05, 0.1) is 5.92 Å². The average Bonchev–Trinajstić information content (AvgIpc) is 2.19. The highest BCUT2D eigenvalue weighted by molar-refractivity contribution is 5.75. The fraction of sp³-hybridized carbons (Fsp3) is 0.333. The molecule has 80 valence electrons. The molecule has 15 heavy (non-hydrogen) atoms. The van der Waals surface area contributed by atoms with Crippen molar-refractivity contribution in [1.29, 1.82) is 0 Å². The fourth-order valence-corrected chi connectivity index (χ4v) is 1.26. The van der Waals surface area contributed by atoms with Crippen LogP contribution in [0.2, 0.25) is 0 Å². The zero-order valence-corrected chi connectivity index (χ0v) is 8.08. The van der Waals surface area contributed by atoms with Crippen molar-refractivity contribution in [3.05, 3.63) is 34.0 Å². The number of nitrogens with zero attached hydrogens (tertiary/aromatic N) is 2. The average molecular weight is 210 g/mol. The zero-order chi connectivity index (χ0) is 11.4. The molecular weight excluding hydrogens is 200 g/mol. The van der Waals surface area contributed by atoms with Crippen LogP contribution in [-0.4, -0.2) is 21.0 Å². The van der Waals surface area contributed by atoms with Gasteiger partial charge in [-0.05, 0) is 22.4 Å². The number of aromatic nitrogens is 1. The van der Waals surface area contributed by atoms with Gasteiger partial charge in [-0.3, -0.25) is 4.79 Å². The second-order valence-electron chi connectivity index (χ2n) is 3.01. The molecule has 0 aliphatic carbocycles. The van der Waals surface area contributed by atoms with E-state index in [4.69, 9.17) is 5.11 Å². The van der Waals surface area contributed by atoms with Crippen LogP contribution < -0.4 is 0 Å². The molecule has 0 radical (unpaired) electrons. The summed E-state index contributed by atoms with van der Waals surface area (Å²) in [5.41, 5.74) is 0.482. The third-order valence-electron chi connectivity index (χ3n) is 2.07. The smallest absolute Gasteiger partial charge is 0.363 e. The van der Waals surface area contributed by atoms with Crippen LogP contribution >= 0.6 is 0 Å². The number of carbonyl (C=O) groups is 1. The van der Waals surface area contributed by atoms with Gasteiger partial charge in [0.25, 0.3) is 0 Å². The Hall–Kier alpha value is -1.98. The Morgan fingerprint density at radius 3 is 2.67 bits per heavy atom. The number of aliphatic carboxylic acids is 1. The number of carboxylic acid groups (broad SMARTS) is 1. The number of nitro groups is 1. The van der Waals surface area contributed by atoms with Crippen LogP contribution in [0, 0.1) is 10.1 Å². The Morgan fingerprint density at radius 2 is 2.33 bits per heavy atom. The molecule has 0 aliphatic rings. The van der Waals surface area contributed by atoms with Crippen molar-refractivity contribution in [2.75, 3.05) is 0 Å². The molecule has 1 unspecified atom stereocenters. The summed E-state index contributed by atoms with van der Waals surface area (Å²) < 4.78 is 0. The van der Waals surface area contributed by atoms with Gasteiger partial charge in [0.15, 0.2) is 0 Å². The molecule has 0 bridgehead atoms. The lowest BCUT2D eigenvalue weighted by Gasteiger charge is -2.07. The Morgan fingerprint density at radius 1 is 1.67 bits per heavy atom. The Balaban J connectivity index is 2.97. The maximum Gasteiger partial charge on any atom is 0.363 e. The molecule has 1 heterocycles. The second kappa shape index (κ2) is 4.50. The molecule has 1 aromatic heterocycles. The molecule has 0 saturated carbocycles. The predicted octanol–water partition coefficient (Wildman–Crippen LogP) is 1.57. The van der Waals surface area contributed by atoms with Gasteiger partial charge in [0, 0.05) is 11.6 Å². The molecule has 1 aromatic rings. The van der Waals surface area contributed by atoms with Crippen LogP contribution in [0.4, 0.5) is 5.82 Å². The van der Waals surface area contributed by atoms with E-state index in [9.17, 15) is 14.9 Å². The van der Waals surface area contributed by atoms with E-state index in [2.05, 4.69) is 4.98 Å². The summed E-state index contributed by atoms with van der Waals surface area (Å²) in [4.78, 5) is 24.0. The molecule has 0 fully saturated rings. The van der Waals surface area contributed by atoms with Crippen molar-refractivity contribution < 1.29 is 14.8 Å². The lowest BCUT2D eigenvalue weighted by Crippen LogP contribution is -2.10. The summed E-state index contributed by atoms with van der Waals surface area (Å²) in [5, 5.41) is 19.2. The van der Waals surface area contributed by atoms with Crippen molar-refractivity contribution in [3.63, 3.8) is 0 Å². The number of hydrogen-bond donors (Lipinski definition) is 1. The molecule has 1 N–H and O–H groups in total. The fourth-order valence-electron chi connectivity index (χ4n) is 1.26. The summed E-state index contributed by atoms with van der Waals surface area (Å²) in [6, 6.07) is 2.63. The first-order chi connectivity index (χ1) is 7.06. The molecule has 0 aliphatic heterocycles. The SMILES string of the molecule is CCC(C(=O)O)c1ccc([N+](=O)[O-])nc1. The number of rotatable bonds is 4. The van der Waals surface area contributed by atoms with Crippen LogP contribution in [0.1, 0.15) is 24.8 Å². The third kappa shape index (κ3) is 2.49. The first-order valence-electron chi connectivity index (χ1n) is 4.39. The monoisotopic (exact) mass is 210 g/mol. The van der Waals surface area contributed by atoms with E-state index in [1.807, 2.05) is 0 Å². The van der Waals surface area contributed by atoms with E-state index in [1.54, 1.807) is 6.92 Å². The summed E-state index contributed by atoms with van der Waals surface area (Å²) in [5.74, 6) is -1.88. The van der Waals surface area contributed by atoms with Crippen LogP contribution in [0.3, 0.4) is 0 Å². The van der Waals surface area contributed by atoms with Crippen LogP contribution in [0.5, 0.6) is 0 Å². The van der Waals surface area contributed by atoms with E-state index in [0.717, 1.165) is 0 Å². The predicted molar refractivity (Wildman–Crippen MR) is 51.6 cm³/mol. The van der Waals surface area contributed by atoms with E-state index >= 15 is 0 Å². The van der Waals surface area contributed by atoms with E-state index in [1.165, 1.54) is 18.3 Å². The van der Waals surface area contributed by atoms with Gasteiger partial charge in [0.2, 0.25) is 0 Å². The lowest BCUT2D eigenvalue weighted by atomic mass is 9.99. The summed E-state index contributed by atoms with van der Waals surface area (Å²) in [7, 11) is 0. The quantitative estimate of drug-likeness (QED) is 0.601. The summed E-state index contributed by atoms with van der Waals surface area (Å²) in [6.07, 6.45) is 1.66. The van der Waals surface area contributed by atoms with Gasteiger partial charge < -0.3 is 15.2 Å². The molecule has 0 aromatic carbocycles. The highest BCUT2D eigenvalue weighted by Gasteiger charge is 2.19. The summed E-state index contributed by atoms with van der Waals surface area (Å²) >= 11 is 0. The molecule has 1 atom stereocenters. The molecule has 6 nitrogen and oxygen atoms in total. The Kier molecular flexibility index (Phi) is 3.33. The first kappa shape index (κ1) is 11.1. The highest BCUT2D eigenvalue weighted by atomic mass is 16.6. The van der Waals surface area contributed by atoms with Crippen LogP contribution in [0.25, 0.3) is 0 Å². The van der Waals surface area contributed by atoms with Gasteiger partial charge >= 0.3 is 11.8 Å². The van der Waals surface area contributed by atoms with Crippen molar-refractivity contribution >= 4 is 11.8 Å². The second-order valence-corrected chi connectivity index (χ2v) is 3.01. The van der Waals surface area contributed by atoms with Gasteiger partial charge in [-0.1, -0.05) is 6.92 Å². The van der Waals surface area contributed by atoms with E-state index in [-0.39, 0.29) is 5.82 Å². The number of carboxylic acids is 1. The number of pyridine rings is 1. The van der Waals surface area contributed by atoms with Gasteiger partial charge in [0.1, 0.15) is 6.20 Å². The normalized spacial score (nSPS) is 12.1. The third-order valence-corrected chi connectivity index (χ3v) is 2.07. The summed E-state index contributed by atoms with van der Waals surface area (Å²) in [6.45, 7) is 1.74. The van der Waals surface area contributed by atoms with Crippen molar-refractivity contribution in [2.24, 2.45) is 0 Å². The topological polar surface area (TPSA) is 93.3 Å². The minimum absolute atomic E-state index is 0.279. The van der Waals surface area contributed by atoms with Gasteiger partial charge in [-0.2, -0.15) is 0 Å². The first-order valence-corrected chi connectivity index (χ1v) is 4.39. The van der Waals surface area contributed by atoms with Crippen molar-refractivity contribution in [1.82, 2.24) is 4.98 Å². The molecule has 6 heteroatoms. The molecule has 0 spiro atoms. The van der Waals surface area contributed by atoms with Gasteiger partial charge in [-0.25, -0.2) is 0 Å². The Bertz CT molecular complexity index is 374. The van der Waals surface area contributed by atoms with E-state index < -0.39 is 16.8 Å². The highest BCUT2D eigenvalue weighted by Crippen LogP contribution is 2.20. The molecular formula is C9H10N2O4. The largest absolute Gasteiger partial charge is 0.481 e.